The third-order valence-electron chi connectivity index (χ3n) is 4.51. The molecule has 3 heterocycles. The summed E-state index contributed by atoms with van der Waals surface area (Å²) in [7, 11) is 2.09. The maximum atomic E-state index is 12.6. The SMILES string of the molecule is CCOC(=O)c1c(-n2c(C)cc(C=O)c2C)sc2c1CCN(C)C2. The Morgan fingerprint density at radius 1 is 1.42 bits per heavy atom. The van der Waals surface area contributed by atoms with Crippen molar-refractivity contribution >= 4 is 23.6 Å². The first kappa shape index (κ1) is 16.9. The Hall–Kier alpha value is -1.92. The third kappa shape index (κ3) is 2.70. The summed E-state index contributed by atoms with van der Waals surface area (Å²) in [4.78, 5) is 27.4. The van der Waals surface area contributed by atoms with E-state index in [0.29, 0.717) is 17.7 Å². The lowest BCUT2D eigenvalue weighted by atomic mass is 10.0. The minimum atomic E-state index is -0.269. The van der Waals surface area contributed by atoms with Crippen LogP contribution in [0.1, 0.15) is 49.5 Å². The number of aldehydes is 1. The summed E-state index contributed by atoms with van der Waals surface area (Å²) in [6, 6.07) is 1.86. The van der Waals surface area contributed by atoms with E-state index in [1.54, 1.807) is 11.3 Å². The third-order valence-corrected chi connectivity index (χ3v) is 5.71. The lowest BCUT2D eigenvalue weighted by Gasteiger charge is -2.22. The number of nitrogens with zero attached hydrogens (tertiary/aromatic N) is 2. The summed E-state index contributed by atoms with van der Waals surface area (Å²) in [5, 5.41) is 0.872. The Morgan fingerprint density at radius 3 is 2.79 bits per heavy atom. The van der Waals surface area contributed by atoms with E-state index in [1.165, 1.54) is 4.88 Å². The van der Waals surface area contributed by atoms with Crippen molar-refractivity contribution in [3.63, 3.8) is 0 Å². The van der Waals surface area contributed by atoms with E-state index in [9.17, 15) is 9.59 Å². The molecule has 0 unspecified atom stereocenters. The maximum Gasteiger partial charge on any atom is 0.341 e. The second kappa shape index (κ2) is 6.53. The minimum Gasteiger partial charge on any atom is -0.462 e. The van der Waals surface area contributed by atoms with Crippen molar-refractivity contribution < 1.29 is 14.3 Å². The van der Waals surface area contributed by atoms with Crippen LogP contribution in [0.5, 0.6) is 0 Å². The van der Waals surface area contributed by atoms with Gasteiger partial charge in [-0.05, 0) is 45.9 Å². The molecule has 0 spiro atoms. The summed E-state index contributed by atoms with van der Waals surface area (Å²) in [6.45, 7) is 7.81. The normalized spacial score (nSPS) is 14.5. The van der Waals surface area contributed by atoms with Gasteiger partial charge in [-0.1, -0.05) is 0 Å². The average molecular weight is 346 g/mol. The standard InChI is InChI=1S/C18H22N2O3S/c1-5-23-18(22)16-14-6-7-19(4)9-15(14)24-17(16)20-11(2)8-13(10-21)12(20)3/h8,10H,5-7,9H2,1-4H3. The molecule has 0 N–H and O–H groups in total. The number of carbonyl (C=O) groups excluding carboxylic acids is 2. The van der Waals surface area contributed by atoms with Crippen LogP contribution in [0.2, 0.25) is 0 Å². The zero-order valence-electron chi connectivity index (χ0n) is 14.5. The van der Waals surface area contributed by atoms with Crippen LogP contribution in [0.25, 0.3) is 5.00 Å². The van der Waals surface area contributed by atoms with E-state index >= 15 is 0 Å². The number of ether oxygens (including phenoxy) is 1. The number of thiophene rings is 1. The Labute approximate surface area is 145 Å². The van der Waals surface area contributed by atoms with Crippen LogP contribution in [-0.4, -0.2) is 41.9 Å². The number of fused-ring (bicyclic) bond motifs is 1. The first-order valence-corrected chi connectivity index (χ1v) is 8.94. The Morgan fingerprint density at radius 2 is 2.17 bits per heavy atom. The van der Waals surface area contributed by atoms with E-state index in [2.05, 4.69) is 11.9 Å². The predicted octanol–water partition coefficient (Wildman–Crippen LogP) is 3.13. The maximum absolute atomic E-state index is 12.6. The topological polar surface area (TPSA) is 51.5 Å². The molecule has 1 aliphatic rings. The summed E-state index contributed by atoms with van der Waals surface area (Å²) in [5.74, 6) is -0.269. The van der Waals surface area contributed by atoms with Crippen LogP contribution in [0.4, 0.5) is 0 Å². The van der Waals surface area contributed by atoms with E-state index in [-0.39, 0.29) is 5.97 Å². The van der Waals surface area contributed by atoms with Crippen molar-refractivity contribution in [2.45, 2.75) is 33.7 Å². The van der Waals surface area contributed by atoms with E-state index in [1.807, 2.05) is 31.4 Å². The molecule has 0 amide bonds. The molecule has 24 heavy (non-hydrogen) atoms. The summed E-state index contributed by atoms with van der Waals surface area (Å²) in [6.07, 6.45) is 1.71. The highest BCUT2D eigenvalue weighted by Crippen LogP contribution is 2.37. The largest absolute Gasteiger partial charge is 0.462 e. The van der Waals surface area contributed by atoms with Crippen molar-refractivity contribution in [2.75, 3.05) is 20.2 Å². The fraction of sp³-hybridized carbons (Fsp3) is 0.444. The molecule has 3 rings (SSSR count). The van der Waals surface area contributed by atoms with Gasteiger partial charge in [0.05, 0.1) is 12.2 Å². The highest BCUT2D eigenvalue weighted by molar-refractivity contribution is 7.15. The number of aryl methyl sites for hydroxylation is 1. The number of esters is 1. The van der Waals surface area contributed by atoms with Crippen LogP contribution < -0.4 is 0 Å². The molecule has 0 aliphatic carbocycles. The number of rotatable bonds is 4. The molecule has 0 saturated carbocycles. The molecule has 0 fully saturated rings. The Bertz CT molecular complexity index is 804. The number of aromatic nitrogens is 1. The number of likely N-dealkylation sites (N-methyl/N-ethyl adjacent to an activating group) is 1. The van der Waals surface area contributed by atoms with Crippen LogP contribution in [-0.2, 0) is 17.7 Å². The molecule has 2 aromatic heterocycles. The summed E-state index contributed by atoms with van der Waals surface area (Å²) in [5.41, 5.74) is 4.24. The van der Waals surface area contributed by atoms with Crippen molar-refractivity contribution in [3.05, 3.63) is 39.0 Å². The van der Waals surface area contributed by atoms with Gasteiger partial charge in [0, 0.05) is 34.9 Å². The van der Waals surface area contributed by atoms with Gasteiger partial charge in [-0.3, -0.25) is 4.79 Å². The predicted molar refractivity (Wildman–Crippen MR) is 94.5 cm³/mol. The van der Waals surface area contributed by atoms with E-state index in [0.717, 1.165) is 47.7 Å². The molecule has 0 bridgehead atoms. The summed E-state index contributed by atoms with van der Waals surface area (Å²) < 4.78 is 7.34. The van der Waals surface area contributed by atoms with Crippen LogP contribution in [0.15, 0.2) is 6.07 Å². The van der Waals surface area contributed by atoms with Gasteiger partial charge >= 0.3 is 5.97 Å². The monoisotopic (exact) mass is 346 g/mol. The molecular formula is C18H22N2O3S. The molecule has 2 aromatic rings. The van der Waals surface area contributed by atoms with Crippen molar-refractivity contribution in [3.8, 4) is 5.00 Å². The second-order valence-electron chi connectivity index (χ2n) is 6.17. The van der Waals surface area contributed by atoms with Gasteiger partial charge < -0.3 is 14.2 Å². The van der Waals surface area contributed by atoms with Crippen molar-refractivity contribution in [1.82, 2.24) is 9.47 Å². The highest BCUT2D eigenvalue weighted by Gasteiger charge is 2.29. The Balaban J connectivity index is 2.22. The minimum absolute atomic E-state index is 0.269. The molecule has 0 radical (unpaired) electrons. The van der Waals surface area contributed by atoms with Crippen molar-refractivity contribution in [2.24, 2.45) is 0 Å². The second-order valence-corrected chi connectivity index (χ2v) is 7.26. The molecule has 128 valence electrons. The van der Waals surface area contributed by atoms with Crippen LogP contribution in [0, 0.1) is 13.8 Å². The number of hydrogen-bond acceptors (Lipinski definition) is 5. The molecule has 6 heteroatoms. The van der Waals surface area contributed by atoms with Crippen LogP contribution >= 0.6 is 11.3 Å². The van der Waals surface area contributed by atoms with Crippen molar-refractivity contribution in [1.29, 1.82) is 0 Å². The molecule has 0 aromatic carbocycles. The first-order valence-electron chi connectivity index (χ1n) is 8.12. The van der Waals surface area contributed by atoms with E-state index in [4.69, 9.17) is 4.74 Å². The van der Waals surface area contributed by atoms with Gasteiger partial charge in [0.2, 0.25) is 0 Å². The van der Waals surface area contributed by atoms with Gasteiger partial charge in [-0.2, -0.15) is 0 Å². The molecule has 0 atom stereocenters. The summed E-state index contributed by atoms with van der Waals surface area (Å²) >= 11 is 1.63. The fourth-order valence-corrected chi connectivity index (χ4v) is 4.83. The lowest BCUT2D eigenvalue weighted by Crippen LogP contribution is -2.26. The number of carbonyl (C=O) groups is 2. The average Bonchev–Trinajstić information content (AvgIpc) is 3.03. The van der Waals surface area contributed by atoms with Crippen LogP contribution in [0.3, 0.4) is 0 Å². The molecule has 1 aliphatic heterocycles. The van der Waals surface area contributed by atoms with Gasteiger partial charge in [0.15, 0.2) is 6.29 Å². The smallest absolute Gasteiger partial charge is 0.341 e. The molecular weight excluding hydrogens is 324 g/mol. The first-order chi connectivity index (χ1) is 11.5. The zero-order valence-corrected chi connectivity index (χ0v) is 15.3. The lowest BCUT2D eigenvalue weighted by molar-refractivity contribution is 0.0525. The van der Waals surface area contributed by atoms with Gasteiger partial charge in [-0.15, -0.1) is 11.3 Å². The zero-order chi connectivity index (χ0) is 17.4. The van der Waals surface area contributed by atoms with Gasteiger partial charge in [-0.25, -0.2) is 4.79 Å². The quantitative estimate of drug-likeness (QED) is 0.630. The molecule has 0 saturated heterocycles. The van der Waals surface area contributed by atoms with E-state index < -0.39 is 0 Å². The van der Waals surface area contributed by atoms with Gasteiger partial charge in [0.25, 0.3) is 0 Å². The van der Waals surface area contributed by atoms with Gasteiger partial charge in [0.1, 0.15) is 5.00 Å². The molecule has 5 nitrogen and oxygen atoms in total. The fourth-order valence-electron chi connectivity index (χ4n) is 3.31. The number of hydrogen-bond donors (Lipinski definition) is 0. The highest BCUT2D eigenvalue weighted by atomic mass is 32.1. The Kier molecular flexibility index (Phi) is 4.60.